The molecule has 0 bridgehead atoms. The van der Waals surface area contributed by atoms with E-state index in [0.29, 0.717) is 18.2 Å². The van der Waals surface area contributed by atoms with Crippen molar-refractivity contribution in [3.8, 4) is 0 Å². The molecule has 1 fully saturated rings. The summed E-state index contributed by atoms with van der Waals surface area (Å²) in [6.07, 6.45) is 9.45. The Hall–Kier alpha value is -2.48. The summed E-state index contributed by atoms with van der Waals surface area (Å²) in [6, 6.07) is 2.19. The van der Waals surface area contributed by atoms with E-state index in [2.05, 4.69) is 20.1 Å². The first kappa shape index (κ1) is 21.2. The van der Waals surface area contributed by atoms with E-state index in [1.54, 1.807) is 24.0 Å². The van der Waals surface area contributed by atoms with Gasteiger partial charge in [0.1, 0.15) is 11.9 Å². The van der Waals surface area contributed by atoms with Crippen molar-refractivity contribution < 1.29 is 4.79 Å². The molecule has 2 heterocycles. The van der Waals surface area contributed by atoms with Crippen molar-refractivity contribution in [2.45, 2.75) is 64.6 Å². The lowest BCUT2D eigenvalue weighted by Gasteiger charge is -2.24. The highest BCUT2D eigenvalue weighted by molar-refractivity contribution is 5.95. The highest BCUT2D eigenvalue weighted by Gasteiger charge is 2.21. The highest BCUT2D eigenvalue weighted by atomic mass is 16.2. The second kappa shape index (κ2) is 9.35. The lowest BCUT2D eigenvalue weighted by Crippen LogP contribution is -2.37. The van der Waals surface area contributed by atoms with E-state index in [0.717, 1.165) is 18.7 Å². The first-order valence-corrected chi connectivity index (χ1v) is 10.4. The van der Waals surface area contributed by atoms with Crippen molar-refractivity contribution in [2.24, 2.45) is 0 Å². The Bertz CT molecular complexity index is 895. The minimum absolute atomic E-state index is 0.0287. The number of likely N-dealkylation sites (N-methyl/N-ethyl adjacent to an activating group) is 1. The predicted octanol–water partition coefficient (Wildman–Crippen LogP) is 2.31. The van der Waals surface area contributed by atoms with Gasteiger partial charge in [-0.25, -0.2) is 0 Å². The Morgan fingerprint density at radius 2 is 2.03 bits per heavy atom. The Kier molecular flexibility index (Phi) is 6.84. The second-order valence-electron chi connectivity index (χ2n) is 8.33. The quantitative estimate of drug-likeness (QED) is 0.771. The molecule has 0 aliphatic heterocycles. The van der Waals surface area contributed by atoms with E-state index in [1.165, 1.54) is 19.3 Å². The summed E-state index contributed by atoms with van der Waals surface area (Å²) in [5, 5.41) is 11.1. The molecule has 0 spiro atoms. The van der Waals surface area contributed by atoms with Crippen LogP contribution < -0.4 is 10.9 Å². The minimum Gasteiger partial charge on any atom is -0.345 e. The van der Waals surface area contributed by atoms with E-state index < -0.39 is 0 Å². The average Bonchev–Trinajstić information content (AvgIpc) is 3.15. The molecule has 0 radical (unpaired) electrons. The Morgan fingerprint density at radius 3 is 2.72 bits per heavy atom. The summed E-state index contributed by atoms with van der Waals surface area (Å²) in [7, 11) is 3.93. The molecule has 1 atom stereocenters. The van der Waals surface area contributed by atoms with Crippen LogP contribution in [0.3, 0.4) is 0 Å². The third-order valence-electron chi connectivity index (χ3n) is 5.68. The molecule has 8 nitrogen and oxygen atoms in total. The van der Waals surface area contributed by atoms with Crippen LogP contribution in [0.2, 0.25) is 0 Å². The molecule has 0 aromatic carbocycles. The highest BCUT2D eigenvalue weighted by Crippen LogP contribution is 2.28. The van der Waals surface area contributed by atoms with Crippen molar-refractivity contribution in [3.05, 3.63) is 45.9 Å². The molecule has 1 unspecified atom stereocenters. The van der Waals surface area contributed by atoms with Crippen LogP contribution in [0.25, 0.3) is 0 Å². The smallest absolute Gasteiger partial charge is 0.263 e. The molecule has 1 N–H and O–H groups in total. The van der Waals surface area contributed by atoms with Crippen LogP contribution in [-0.2, 0) is 6.54 Å². The van der Waals surface area contributed by atoms with Crippen LogP contribution in [-0.4, -0.2) is 50.8 Å². The van der Waals surface area contributed by atoms with Gasteiger partial charge >= 0.3 is 0 Å². The largest absolute Gasteiger partial charge is 0.345 e. The number of pyridine rings is 1. The molecule has 1 saturated carbocycles. The van der Waals surface area contributed by atoms with Crippen molar-refractivity contribution in [1.82, 2.24) is 29.5 Å². The average molecular weight is 401 g/mol. The topological polar surface area (TPSA) is 85.1 Å². The van der Waals surface area contributed by atoms with Gasteiger partial charge in [-0.15, -0.1) is 10.2 Å². The molecule has 8 heteroatoms. The molecular weight excluding hydrogens is 368 g/mol. The number of aryl methyl sites for hydroxylation is 1. The predicted molar refractivity (Wildman–Crippen MR) is 112 cm³/mol. The summed E-state index contributed by atoms with van der Waals surface area (Å²) in [4.78, 5) is 27.9. The van der Waals surface area contributed by atoms with Crippen LogP contribution in [0.5, 0.6) is 0 Å². The summed E-state index contributed by atoms with van der Waals surface area (Å²) in [5.41, 5.74) is 0.613. The monoisotopic (exact) mass is 400 g/mol. The number of nitrogens with one attached hydrogen (secondary N) is 1. The zero-order valence-corrected chi connectivity index (χ0v) is 17.9. The van der Waals surface area contributed by atoms with Gasteiger partial charge in [0.15, 0.2) is 5.82 Å². The van der Waals surface area contributed by atoms with Gasteiger partial charge in [0.25, 0.3) is 11.5 Å². The second-order valence-corrected chi connectivity index (χ2v) is 8.33. The van der Waals surface area contributed by atoms with Gasteiger partial charge in [0.2, 0.25) is 0 Å². The maximum atomic E-state index is 13.0. The first-order valence-electron chi connectivity index (χ1n) is 10.4. The van der Waals surface area contributed by atoms with E-state index in [4.69, 9.17) is 0 Å². The zero-order chi connectivity index (χ0) is 21.0. The Labute approximate surface area is 171 Å². The van der Waals surface area contributed by atoms with E-state index in [-0.39, 0.29) is 29.6 Å². The standard InChI is InChI=1S/C21H32N6O2/c1-15-10-11-26(16(2)13-25(3)4)21(29)19(15)20(28)22-12-18-24-23-14-27(18)17-8-6-5-7-9-17/h10-11,14,16-17H,5-9,12-13H2,1-4H3,(H,22,28). The van der Waals surface area contributed by atoms with Crippen molar-refractivity contribution in [3.63, 3.8) is 0 Å². The van der Waals surface area contributed by atoms with Gasteiger partial charge in [-0.1, -0.05) is 19.3 Å². The van der Waals surface area contributed by atoms with Gasteiger partial charge < -0.3 is 19.4 Å². The molecule has 3 rings (SSSR count). The summed E-state index contributed by atoms with van der Waals surface area (Å²) < 4.78 is 3.71. The Balaban J connectivity index is 1.75. The molecule has 29 heavy (non-hydrogen) atoms. The molecule has 2 aromatic rings. The zero-order valence-electron chi connectivity index (χ0n) is 17.9. The first-order chi connectivity index (χ1) is 13.9. The fourth-order valence-corrected chi connectivity index (χ4v) is 4.19. The van der Waals surface area contributed by atoms with Gasteiger partial charge in [-0.05, 0) is 52.4 Å². The number of nitrogens with zero attached hydrogens (tertiary/aromatic N) is 5. The van der Waals surface area contributed by atoms with Crippen molar-refractivity contribution >= 4 is 5.91 Å². The van der Waals surface area contributed by atoms with E-state index >= 15 is 0 Å². The van der Waals surface area contributed by atoms with Crippen molar-refractivity contribution in [2.75, 3.05) is 20.6 Å². The number of amides is 1. The van der Waals surface area contributed by atoms with Crippen LogP contribution in [0.15, 0.2) is 23.4 Å². The molecular formula is C21H32N6O2. The number of aromatic nitrogens is 4. The van der Waals surface area contributed by atoms with Crippen LogP contribution in [0.4, 0.5) is 0 Å². The fraction of sp³-hybridized carbons (Fsp3) is 0.619. The van der Waals surface area contributed by atoms with Gasteiger partial charge in [0, 0.05) is 24.8 Å². The third-order valence-corrected chi connectivity index (χ3v) is 5.68. The van der Waals surface area contributed by atoms with Gasteiger partial charge in [-0.2, -0.15) is 0 Å². The Morgan fingerprint density at radius 1 is 1.31 bits per heavy atom. The van der Waals surface area contributed by atoms with Crippen LogP contribution in [0.1, 0.15) is 72.9 Å². The summed E-state index contributed by atoms with van der Waals surface area (Å²) >= 11 is 0. The number of carbonyl (C=O) groups is 1. The SMILES string of the molecule is Cc1ccn(C(C)CN(C)C)c(=O)c1C(=O)NCc1nncn1C1CCCCC1. The molecule has 1 aliphatic rings. The number of rotatable bonds is 7. The van der Waals surface area contributed by atoms with Gasteiger partial charge in [0.05, 0.1) is 6.54 Å². The molecule has 158 valence electrons. The third kappa shape index (κ3) is 4.93. The number of hydrogen-bond acceptors (Lipinski definition) is 5. The summed E-state index contributed by atoms with van der Waals surface area (Å²) in [5.74, 6) is 0.372. The molecule has 1 amide bonds. The molecule has 1 aliphatic carbocycles. The molecule has 0 saturated heterocycles. The fourth-order valence-electron chi connectivity index (χ4n) is 4.19. The molecule has 2 aromatic heterocycles. The minimum atomic E-state index is -0.364. The normalized spacial score (nSPS) is 16.2. The maximum absolute atomic E-state index is 13.0. The maximum Gasteiger partial charge on any atom is 0.263 e. The number of carbonyl (C=O) groups excluding carboxylic acids is 1. The van der Waals surface area contributed by atoms with Crippen molar-refractivity contribution in [1.29, 1.82) is 0 Å². The van der Waals surface area contributed by atoms with Gasteiger partial charge in [-0.3, -0.25) is 9.59 Å². The summed E-state index contributed by atoms with van der Waals surface area (Å²) in [6.45, 7) is 4.75. The lowest BCUT2D eigenvalue weighted by molar-refractivity contribution is 0.0946. The van der Waals surface area contributed by atoms with Crippen LogP contribution >= 0.6 is 0 Å². The van der Waals surface area contributed by atoms with E-state index in [9.17, 15) is 9.59 Å². The lowest BCUT2D eigenvalue weighted by atomic mass is 9.95. The number of hydrogen-bond donors (Lipinski definition) is 1. The van der Waals surface area contributed by atoms with Crippen LogP contribution in [0, 0.1) is 6.92 Å². The van der Waals surface area contributed by atoms with E-state index in [1.807, 2.05) is 32.0 Å².